The Kier molecular flexibility index (Phi) is 4.03. The van der Waals surface area contributed by atoms with Crippen LogP contribution in [-0.4, -0.2) is 16.6 Å². The van der Waals surface area contributed by atoms with Gasteiger partial charge in [0.15, 0.2) is 0 Å². The molecule has 0 bridgehead atoms. The number of nitrogens with zero attached hydrogens (tertiary/aromatic N) is 1. The van der Waals surface area contributed by atoms with Gasteiger partial charge in [0.05, 0.1) is 5.56 Å². The summed E-state index contributed by atoms with van der Waals surface area (Å²) in [4.78, 5) is 14.1. The van der Waals surface area contributed by atoms with Crippen LogP contribution in [0.2, 0.25) is 5.15 Å². The van der Waals surface area contributed by atoms with Crippen molar-refractivity contribution in [2.24, 2.45) is 0 Å². The van der Waals surface area contributed by atoms with Gasteiger partial charge < -0.3 is 4.74 Å². The van der Waals surface area contributed by atoms with Gasteiger partial charge in [0.2, 0.25) is 5.88 Å². The number of pyridine rings is 1. The Labute approximate surface area is 106 Å². The van der Waals surface area contributed by atoms with Crippen LogP contribution < -0.4 is 4.74 Å². The second-order valence-electron chi connectivity index (χ2n) is 2.43. The van der Waals surface area contributed by atoms with Gasteiger partial charge in [-0.25, -0.2) is 4.98 Å². The van der Waals surface area contributed by atoms with Crippen molar-refractivity contribution in [1.29, 1.82) is 0 Å². The average Bonchev–Trinajstić information content (AvgIpc) is 1.96. The Morgan fingerprint density at radius 2 is 2.06 bits per heavy atom. The number of hydrogen-bond donors (Lipinski definition) is 0. The SMILES string of the molecule is O=C(Cl)c1c(Br)cc(OC(F)(F)F)nc1Cl. The molecular formula is C7HBrCl2F3NO2. The second-order valence-corrected chi connectivity index (χ2v) is 3.99. The highest BCUT2D eigenvalue weighted by Gasteiger charge is 2.32. The smallest absolute Gasteiger partial charge is 0.388 e. The van der Waals surface area contributed by atoms with E-state index in [9.17, 15) is 18.0 Å². The summed E-state index contributed by atoms with van der Waals surface area (Å²) in [6.07, 6.45) is -4.89. The fourth-order valence-electron chi connectivity index (χ4n) is 0.810. The number of aromatic nitrogens is 1. The molecule has 0 saturated heterocycles. The summed E-state index contributed by atoms with van der Waals surface area (Å²) in [6, 6.07) is 0.842. The highest BCUT2D eigenvalue weighted by atomic mass is 79.9. The Hall–Kier alpha value is -0.530. The van der Waals surface area contributed by atoms with Crippen LogP contribution in [0.25, 0.3) is 0 Å². The van der Waals surface area contributed by atoms with Gasteiger partial charge in [0.1, 0.15) is 5.15 Å². The minimum absolute atomic E-state index is 0.0354. The molecule has 0 fully saturated rings. The van der Waals surface area contributed by atoms with Gasteiger partial charge in [-0.1, -0.05) is 11.6 Å². The molecule has 1 aromatic rings. The summed E-state index contributed by atoms with van der Waals surface area (Å²) < 4.78 is 39.0. The molecule has 9 heteroatoms. The standard InChI is InChI=1S/C7HBrCl2F3NO2/c8-2-1-3(16-7(11,12)13)14-5(9)4(2)6(10)15/h1H. The van der Waals surface area contributed by atoms with Crippen molar-refractivity contribution < 1.29 is 22.7 Å². The van der Waals surface area contributed by atoms with E-state index in [0.29, 0.717) is 0 Å². The highest BCUT2D eigenvalue weighted by molar-refractivity contribution is 9.10. The molecule has 0 aliphatic rings. The van der Waals surface area contributed by atoms with E-state index in [2.05, 4.69) is 25.7 Å². The zero-order valence-electron chi connectivity index (χ0n) is 7.11. The van der Waals surface area contributed by atoms with Crippen LogP contribution in [0.4, 0.5) is 13.2 Å². The fraction of sp³-hybridized carbons (Fsp3) is 0.143. The molecule has 1 rings (SSSR count). The molecule has 16 heavy (non-hydrogen) atoms. The predicted octanol–water partition coefficient (Wildman–Crippen LogP) is 3.78. The highest BCUT2D eigenvalue weighted by Crippen LogP contribution is 2.31. The summed E-state index contributed by atoms with van der Waals surface area (Å²) in [7, 11) is 0. The molecule has 0 saturated carbocycles. The van der Waals surface area contributed by atoms with Gasteiger partial charge in [-0.15, -0.1) is 13.2 Å². The predicted molar refractivity (Wildman–Crippen MR) is 53.8 cm³/mol. The van der Waals surface area contributed by atoms with Crippen molar-refractivity contribution >= 4 is 44.4 Å². The first-order valence-corrected chi connectivity index (χ1v) is 5.07. The lowest BCUT2D eigenvalue weighted by Crippen LogP contribution is -2.18. The van der Waals surface area contributed by atoms with Gasteiger partial charge in [-0.3, -0.25) is 4.79 Å². The van der Waals surface area contributed by atoms with Crippen LogP contribution in [-0.2, 0) is 0 Å². The molecule has 0 aromatic carbocycles. The van der Waals surface area contributed by atoms with Crippen LogP contribution in [0.3, 0.4) is 0 Å². The first kappa shape index (κ1) is 13.5. The van der Waals surface area contributed by atoms with Crippen molar-refractivity contribution in [2.45, 2.75) is 6.36 Å². The summed E-state index contributed by atoms with van der Waals surface area (Å²) >= 11 is 13.4. The largest absolute Gasteiger partial charge is 0.574 e. The molecule has 0 aliphatic carbocycles. The molecule has 0 N–H and O–H groups in total. The lowest BCUT2D eigenvalue weighted by Gasteiger charge is -2.09. The van der Waals surface area contributed by atoms with Crippen molar-refractivity contribution in [1.82, 2.24) is 4.98 Å². The van der Waals surface area contributed by atoms with E-state index in [-0.39, 0.29) is 10.0 Å². The molecule has 88 valence electrons. The van der Waals surface area contributed by atoms with Gasteiger partial charge in [-0.05, 0) is 27.5 Å². The van der Waals surface area contributed by atoms with Crippen molar-refractivity contribution in [3.8, 4) is 5.88 Å². The van der Waals surface area contributed by atoms with E-state index >= 15 is 0 Å². The normalized spacial score (nSPS) is 11.4. The third kappa shape index (κ3) is 3.50. The number of ether oxygens (including phenoxy) is 1. The maximum Gasteiger partial charge on any atom is 0.574 e. The van der Waals surface area contributed by atoms with Gasteiger partial charge >= 0.3 is 6.36 Å². The third-order valence-electron chi connectivity index (χ3n) is 1.32. The summed E-state index contributed by atoms with van der Waals surface area (Å²) in [5.41, 5.74) is -0.224. The number of carbonyl (C=O) groups is 1. The summed E-state index contributed by atoms with van der Waals surface area (Å²) in [6.45, 7) is 0. The molecule has 1 aromatic heterocycles. The summed E-state index contributed by atoms with van der Waals surface area (Å²) in [5.74, 6) is -0.786. The first-order valence-electron chi connectivity index (χ1n) is 3.52. The Bertz CT molecular complexity index is 415. The maximum absolute atomic E-state index is 11.9. The van der Waals surface area contributed by atoms with E-state index in [0.717, 1.165) is 6.07 Å². The minimum Gasteiger partial charge on any atom is -0.388 e. The Balaban J connectivity index is 3.15. The van der Waals surface area contributed by atoms with Crippen molar-refractivity contribution in [3.63, 3.8) is 0 Å². The molecule has 0 amide bonds. The molecule has 0 unspecified atom stereocenters. The summed E-state index contributed by atoms with van der Waals surface area (Å²) in [5, 5.41) is -1.42. The monoisotopic (exact) mass is 337 g/mol. The molecular weight excluding hydrogens is 338 g/mol. The van der Waals surface area contributed by atoms with E-state index in [1.807, 2.05) is 0 Å². The molecule has 0 atom stereocenters. The van der Waals surface area contributed by atoms with Crippen LogP contribution >= 0.6 is 39.1 Å². The van der Waals surface area contributed by atoms with Gasteiger partial charge in [-0.2, -0.15) is 0 Å². The maximum atomic E-state index is 11.9. The lowest BCUT2D eigenvalue weighted by molar-refractivity contribution is -0.276. The van der Waals surface area contributed by atoms with Crippen LogP contribution in [0.15, 0.2) is 10.5 Å². The van der Waals surface area contributed by atoms with E-state index in [1.54, 1.807) is 0 Å². The third-order valence-corrected chi connectivity index (χ3v) is 2.41. The van der Waals surface area contributed by atoms with Crippen molar-refractivity contribution in [2.75, 3.05) is 0 Å². The number of carbonyl (C=O) groups excluding carboxylic acids is 1. The van der Waals surface area contributed by atoms with E-state index in [1.165, 1.54) is 0 Å². The van der Waals surface area contributed by atoms with Gasteiger partial charge in [0, 0.05) is 10.5 Å². The van der Waals surface area contributed by atoms with E-state index < -0.39 is 22.6 Å². The second kappa shape index (κ2) is 4.77. The first-order chi connectivity index (χ1) is 7.20. The molecule has 0 aliphatic heterocycles. The molecule has 0 radical (unpaired) electrons. The van der Waals surface area contributed by atoms with Gasteiger partial charge in [0.25, 0.3) is 5.24 Å². The van der Waals surface area contributed by atoms with Crippen LogP contribution in [0.5, 0.6) is 5.88 Å². The zero-order chi connectivity index (χ0) is 12.5. The topological polar surface area (TPSA) is 39.2 Å². The molecule has 3 nitrogen and oxygen atoms in total. The fourth-order valence-corrected chi connectivity index (χ4v) is 2.11. The van der Waals surface area contributed by atoms with Crippen LogP contribution in [0, 0.1) is 0 Å². The van der Waals surface area contributed by atoms with Crippen molar-refractivity contribution in [3.05, 3.63) is 21.3 Å². The average molecular weight is 339 g/mol. The number of hydrogen-bond acceptors (Lipinski definition) is 3. The Morgan fingerprint density at radius 1 is 1.50 bits per heavy atom. The zero-order valence-corrected chi connectivity index (χ0v) is 10.2. The lowest BCUT2D eigenvalue weighted by atomic mass is 10.3. The quantitative estimate of drug-likeness (QED) is 0.608. The van der Waals surface area contributed by atoms with E-state index in [4.69, 9.17) is 23.2 Å². The number of alkyl halides is 3. The van der Waals surface area contributed by atoms with Crippen LogP contribution in [0.1, 0.15) is 10.4 Å². The minimum atomic E-state index is -4.89. The Morgan fingerprint density at radius 3 is 2.44 bits per heavy atom. The number of rotatable bonds is 2. The molecule has 0 spiro atoms. The molecule has 1 heterocycles. The number of halogens is 6.